The van der Waals surface area contributed by atoms with Crippen molar-refractivity contribution in [2.45, 2.75) is 25.3 Å². The van der Waals surface area contributed by atoms with E-state index in [9.17, 15) is 9.59 Å². The fourth-order valence-corrected chi connectivity index (χ4v) is 4.02. The van der Waals surface area contributed by atoms with Crippen molar-refractivity contribution in [1.82, 2.24) is 34.2 Å². The number of aromatic nitrogens is 6. The summed E-state index contributed by atoms with van der Waals surface area (Å²) in [6.45, 7) is 1.26. The normalized spacial score (nSPS) is 17.3. The van der Waals surface area contributed by atoms with E-state index in [4.69, 9.17) is 4.98 Å². The molecule has 1 aromatic carbocycles. The van der Waals surface area contributed by atoms with Crippen molar-refractivity contribution in [3.63, 3.8) is 0 Å². The summed E-state index contributed by atoms with van der Waals surface area (Å²) in [7, 11) is 1.73. The smallest absolute Gasteiger partial charge is 0.264 e. The molecule has 3 aromatic heterocycles. The lowest BCUT2D eigenvalue weighted by Crippen LogP contribution is -2.42. The third-order valence-corrected chi connectivity index (χ3v) is 5.59. The Labute approximate surface area is 166 Å². The number of carbonyl (C=O) groups excluding carboxylic acids is 1. The van der Waals surface area contributed by atoms with E-state index in [1.165, 1.54) is 17.1 Å². The number of benzene rings is 1. The molecular formula is C20H21N7O2. The second kappa shape index (κ2) is 6.84. The van der Waals surface area contributed by atoms with Gasteiger partial charge in [0.25, 0.3) is 5.56 Å². The second-order valence-electron chi connectivity index (χ2n) is 7.50. The summed E-state index contributed by atoms with van der Waals surface area (Å²) in [6.07, 6.45) is 4.80. The Morgan fingerprint density at radius 2 is 2.17 bits per heavy atom. The standard InChI is InChI=1S/C20H21N7O2/c1-25-19-14(9-22-25)20(29)27(12-21-19)11-17(28)26-8-4-5-13(10-26)18-23-15-6-2-3-7-16(15)24-18/h2-3,6-7,9,12-13H,4-5,8,10-11H2,1H3,(H,23,24)/t13-/m1/s1. The topological polar surface area (TPSA) is 102 Å². The molecule has 0 spiro atoms. The van der Waals surface area contributed by atoms with Crippen molar-refractivity contribution in [2.75, 3.05) is 13.1 Å². The van der Waals surface area contributed by atoms with Gasteiger partial charge in [0.2, 0.25) is 5.91 Å². The fourth-order valence-electron chi connectivity index (χ4n) is 4.02. The second-order valence-corrected chi connectivity index (χ2v) is 7.50. The number of hydrogen-bond acceptors (Lipinski definition) is 5. The molecule has 0 aliphatic carbocycles. The predicted molar refractivity (Wildman–Crippen MR) is 107 cm³/mol. The van der Waals surface area contributed by atoms with Gasteiger partial charge in [-0.05, 0) is 25.0 Å². The number of fused-ring (bicyclic) bond motifs is 2. The number of H-pyrrole nitrogens is 1. The van der Waals surface area contributed by atoms with Gasteiger partial charge in [-0.25, -0.2) is 9.97 Å². The molecule has 0 radical (unpaired) electrons. The number of aromatic amines is 1. The van der Waals surface area contributed by atoms with Crippen LogP contribution in [0.25, 0.3) is 22.1 Å². The molecule has 0 bridgehead atoms. The first-order valence-corrected chi connectivity index (χ1v) is 9.70. The third kappa shape index (κ3) is 3.08. The van der Waals surface area contributed by atoms with E-state index in [2.05, 4.69) is 15.1 Å². The van der Waals surface area contributed by atoms with E-state index < -0.39 is 0 Å². The molecule has 1 fully saturated rings. The Morgan fingerprint density at radius 1 is 1.31 bits per heavy atom. The molecule has 148 valence electrons. The molecule has 0 unspecified atom stereocenters. The van der Waals surface area contributed by atoms with Gasteiger partial charge in [0, 0.05) is 26.1 Å². The number of piperidine rings is 1. The van der Waals surface area contributed by atoms with Crippen LogP contribution in [0.1, 0.15) is 24.6 Å². The van der Waals surface area contributed by atoms with Crippen molar-refractivity contribution in [2.24, 2.45) is 7.05 Å². The molecule has 5 rings (SSSR count). The maximum absolute atomic E-state index is 12.9. The first-order chi connectivity index (χ1) is 14.1. The minimum absolute atomic E-state index is 0.0243. The molecule has 29 heavy (non-hydrogen) atoms. The zero-order chi connectivity index (χ0) is 20.0. The molecular weight excluding hydrogens is 370 g/mol. The number of nitrogens with one attached hydrogen (secondary N) is 1. The molecule has 0 saturated carbocycles. The molecule has 1 aliphatic rings. The van der Waals surface area contributed by atoms with Gasteiger partial charge in [-0.3, -0.25) is 18.8 Å². The molecule has 9 nitrogen and oxygen atoms in total. The predicted octanol–water partition coefficient (Wildman–Crippen LogP) is 1.41. The van der Waals surface area contributed by atoms with Crippen LogP contribution in [0.2, 0.25) is 0 Å². The van der Waals surface area contributed by atoms with Gasteiger partial charge < -0.3 is 9.88 Å². The Kier molecular flexibility index (Phi) is 4.15. The van der Waals surface area contributed by atoms with Crippen molar-refractivity contribution < 1.29 is 4.79 Å². The van der Waals surface area contributed by atoms with E-state index in [0.717, 1.165) is 29.7 Å². The van der Waals surface area contributed by atoms with Crippen LogP contribution in [0.15, 0.2) is 41.6 Å². The van der Waals surface area contributed by atoms with Gasteiger partial charge in [-0.2, -0.15) is 5.10 Å². The Bertz CT molecular complexity index is 1240. The first kappa shape index (κ1) is 17.6. The third-order valence-electron chi connectivity index (χ3n) is 5.59. The van der Waals surface area contributed by atoms with E-state index in [1.807, 2.05) is 29.2 Å². The number of nitrogens with zero attached hydrogens (tertiary/aromatic N) is 6. The van der Waals surface area contributed by atoms with Crippen molar-refractivity contribution in [3.8, 4) is 0 Å². The number of likely N-dealkylation sites (tertiary alicyclic amines) is 1. The van der Waals surface area contributed by atoms with Gasteiger partial charge in [-0.15, -0.1) is 0 Å². The lowest BCUT2D eigenvalue weighted by molar-refractivity contribution is -0.133. The summed E-state index contributed by atoms with van der Waals surface area (Å²) in [5.74, 6) is 0.994. The molecule has 1 N–H and O–H groups in total. The van der Waals surface area contributed by atoms with Gasteiger partial charge in [0.1, 0.15) is 24.1 Å². The first-order valence-electron chi connectivity index (χ1n) is 9.70. The van der Waals surface area contributed by atoms with E-state index in [1.54, 1.807) is 11.7 Å². The summed E-state index contributed by atoms with van der Waals surface area (Å²) in [5.41, 5.74) is 2.21. The van der Waals surface area contributed by atoms with E-state index in [0.29, 0.717) is 24.1 Å². The molecule has 1 atom stereocenters. The summed E-state index contributed by atoms with van der Waals surface area (Å²) in [5, 5.41) is 4.48. The number of aryl methyl sites for hydroxylation is 1. The van der Waals surface area contributed by atoms with Crippen LogP contribution in [0.5, 0.6) is 0 Å². The highest BCUT2D eigenvalue weighted by Crippen LogP contribution is 2.26. The molecule has 1 saturated heterocycles. The zero-order valence-corrected chi connectivity index (χ0v) is 16.1. The summed E-state index contributed by atoms with van der Waals surface area (Å²) in [6, 6.07) is 7.93. The highest BCUT2D eigenvalue weighted by molar-refractivity contribution is 5.78. The van der Waals surface area contributed by atoms with Crippen molar-refractivity contribution in [1.29, 1.82) is 0 Å². The van der Waals surface area contributed by atoms with E-state index >= 15 is 0 Å². The molecule has 4 aromatic rings. The highest BCUT2D eigenvalue weighted by Gasteiger charge is 2.27. The number of amides is 1. The minimum atomic E-state index is -0.248. The quantitative estimate of drug-likeness (QED) is 0.569. The number of hydrogen-bond donors (Lipinski definition) is 1. The molecule has 1 aliphatic heterocycles. The van der Waals surface area contributed by atoms with Gasteiger partial charge in [-0.1, -0.05) is 12.1 Å². The summed E-state index contributed by atoms with van der Waals surface area (Å²) >= 11 is 0. The maximum atomic E-state index is 12.9. The average molecular weight is 391 g/mol. The largest absolute Gasteiger partial charge is 0.342 e. The number of imidazole rings is 1. The Morgan fingerprint density at radius 3 is 3.03 bits per heavy atom. The molecule has 9 heteroatoms. The summed E-state index contributed by atoms with van der Waals surface area (Å²) in [4.78, 5) is 39.7. The van der Waals surface area contributed by atoms with Gasteiger partial charge in [0.05, 0.1) is 17.2 Å². The van der Waals surface area contributed by atoms with Crippen molar-refractivity contribution in [3.05, 3.63) is 53.0 Å². The molecule has 4 heterocycles. The average Bonchev–Trinajstić information content (AvgIpc) is 3.34. The monoisotopic (exact) mass is 391 g/mol. The van der Waals surface area contributed by atoms with E-state index in [-0.39, 0.29) is 23.9 Å². The SMILES string of the molecule is Cn1ncc2c(=O)n(CC(=O)N3CCC[C@@H](c4nc5ccccc5[nH]4)C3)cnc21. The lowest BCUT2D eigenvalue weighted by Gasteiger charge is -2.32. The van der Waals surface area contributed by atoms with Gasteiger partial charge >= 0.3 is 0 Å². The Hall–Kier alpha value is -3.49. The van der Waals surface area contributed by atoms with Crippen LogP contribution in [0.4, 0.5) is 0 Å². The van der Waals surface area contributed by atoms with Crippen LogP contribution in [-0.4, -0.2) is 53.2 Å². The van der Waals surface area contributed by atoms with Crippen LogP contribution in [-0.2, 0) is 18.4 Å². The van der Waals surface area contributed by atoms with Crippen LogP contribution >= 0.6 is 0 Å². The van der Waals surface area contributed by atoms with Crippen molar-refractivity contribution >= 4 is 28.0 Å². The molecule has 1 amide bonds. The fraction of sp³-hybridized carbons (Fsp3) is 0.350. The van der Waals surface area contributed by atoms with Crippen LogP contribution in [0.3, 0.4) is 0 Å². The highest BCUT2D eigenvalue weighted by atomic mass is 16.2. The lowest BCUT2D eigenvalue weighted by atomic mass is 9.97. The number of carbonyl (C=O) groups is 1. The van der Waals surface area contributed by atoms with Gasteiger partial charge in [0.15, 0.2) is 5.65 Å². The number of para-hydroxylation sites is 2. The van der Waals surface area contributed by atoms with Crippen LogP contribution in [0, 0.1) is 0 Å². The van der Waals surface area contributed by atoms with Crippen LogP contribution < -0.4 is 5.56 Å². The zero-order valence-electron chi connectivity index (χ0n) is 16.1. The Balaban J connectivity index is 1.34. The summed E-state index contributed by atoms with van der Waals surface area (Å²) < 4.78 is 2.91. The maximum Gasteiger partial charge on any atom is 0.264 e. The minimum Gasteiger partial charge on any atom is -0.342 e. The number of rotatable bonds is 3.